The van der Waals surface area contributed by atoms with Gasteiger partial charge in [-0.1, -0.05) is 0 Å². The molecule has 1 fully saturated rings. The van der Waals surface area contributed by atoms with Gasteiger partial charge in [-0.2, -0.15) is 0 Å². The van der Waals surface area contributed by atoms with E-state index < -0.39 is 0 Å². The lowest BCUT2D eigenvalue weighted by Gasteiger charge is -2.16. The van der Waals surface area contributed by atoms with E-state index in [1.807, 2.05) is 32.2 Å². The first-order valence-corrected chi connectivity index (χ1v) is 6.69. The predicted molar refractivity (Wildman–Crippen MR) is 76.6 cm³/mol. The highest BCUT2D eigenvalue weighted by Crippen LogP contribution is 2.20. The van der Waals surface area contributed by atoms with Gasteiger partial charge < -0.3 is 20.4 Å². The summed E-state index contributed by atoms with van der Waals surface area (Å²) in [6.07, 6.45) is 0. The largest absolute Gasteiger partial charge is 0.379 e. The molecule has 20 heavy (non-hydrogen) atoms. The standard InChI is InChI=1S/C14H18N4O2/c1-8-16-11-4-3-9(5-12(11)17-8)18-14(19)10-6-20-7-13(10)15-2/h3-5,10,13,15H,6-7H2,1-2H3,(H,16,17)(H,18,19). The molecule has 106 valence electrons. The summed E-state index contributed by atoms with van der Waals surface area (Å²) in [5.41, 5.74) is 2.60. The Bertz CT molecular complexity index is 637. The van der Waals surface area contributed by atoms with E-state index in [4.69, 9.17) is 4.74 Å². The summed E-state index contributed by atoms with van der Waals surface area (Å²) >= 11 is 0. The van der Waals surface area contributed by atoms with E-state index in [0.717, 1.165) is 22.5 Å². The second kappa shape index (κ2) is 5.22. The van der Waals surface area contributed by atoms with Gasteiger partial charge in [-0.25, -0.2) is 4.98 Å². The third kappa shape index (κ3) is 2.39. The molecule has 1 amide bonds. The van der Waals surface area contributed by atoms with Crippen LogP contribution in [0.5, 0.6) is 0 Å². The molecule has 0 bridgehead atoms. The minimum absolute atomic E-state index is 0.0163. The number of nitrogens with zero attached hydrogens (tertiary/aromatic N) is 1. The van der Waals surface area contributed by atoms with Crippen LogP contribution in [0.3, 0.4) is 0 Å². The first-order valence-electron chi connectivity index (χ1n) is 6.69. The summed E-state index contributed by atoms with van der Waals surface area (Å²) in [4.78, 5) is 19.8. The van der Waals surface area contributed by atoms with Crippen LogP contribution in [-0.2, 0) is 9.53 Å². The molecule has 0 aliphatic carbocycles. The molecule has 0 radical (unpaired) electrons. The van der Waals surface area contributed by atoms with Crippen molar-refractivity contribution in [2.24, 2.45) is 5.92 Å². The highest BCUT2D eigenvalue weighted by Gasteiger charge is 2.32. The van der Waals surface area contributed by atoms with Crippen molar-refractivity contribution >= 4 is 22.6 Å². The summed E-state index contributed by atoms with van der Waals surface area (Å²) in [6, 6.07) is 5.74. The first-order chi connectivity index (χ1) is 9.67. The Morgan fingerprint density at radius 2 is 2.30 bits per heavy atom. The molecule has 1 aliphatic rings. The second-order valence-electron chi connectivity index (χ2n) is 5.08. The fraction of sp³-hybridized carbons (Fsp3) is 0.429. The minimum Gasteiger partial charge on any atom is -0.379 e. The number of hydrogen-bond donors (Lipinski definition) is 3. The Kier molecular flexibility index (Phi) is 3.42. The summed E-state index contributed by atoms with van der Waals surface area (Å²) in [6.45, 7) is 2.95. The molecule has 2 heterocycles. The molecule has 1 aromatic carbocycles. The monoisotopic (exact) mass is 274 g/mol. The summed E-state index contributed by atoms with van der Waals surface area (Å²) in [7, 11) is 1.85. The molecule has 2 unspecified atom stereocenters. The van der Waals surface area contributed by atoms with Crippen LogP contribution in [0.2, 0.25) is 0 Å². The van der Waals surface area contributed by atoms with Crippen LogP contribution in [0.4, 0.5) is 5.69 Å². The van der Waals surface area contributed by atoms with Crippen molar-refractivity contribution in [3.05, 3.63) is 24.0 Å². The lowest BCUT2D eigenvalue weighted by molar-refractivity contribution is -0.120. The molecule has 0 saturated carbocycles. The van der Waals surface area contributed by atoms with Crippen LogP contribution in [0.25, 0.3) is 11.0 Å². The predicted octanol–water partition coefficient (Wildman–Crippen LogP) is 1.04. The van der Waals surface area contributed by atoms with Gasteiger partial charge in [0.2, 0.25) is 5.91 Å². The number of aryl methyl sites for hydroxylation is 1. The van der Waals surface area contributed by atoms with Gasteiger partial charge in [-0.05, 0) is 32.2 Å². The van der Waals surface area contributed by atoms with Crippen LogP contribution >= 0.6 is 0 Å². The number of carbonyl (C=O) groups is 1. The number of benzene rings is 1. The number of H-pyrrole nitrogens is 1. The van der Waals surface area contributed by atoms with E-state index in [-0.39, 0.29) is 17.9 Å². The van der Waals surface area contributed by atoms with Crippen LogP contribution in [0, 0.1) is 12.8 Å². The van der Waals surface area contributed by atoms with Gasteiger partial charge in [0.05, 0.1) is 30.2 Å². The Hall–Kier alpha value is -1.92. The zero-order valence-electron chi connectivity index (χ0n) is 11.6. The number of carbonyl (C=O) groups excluding carboxylic acids is 1. The Morgan fingerprint density at radius 3 is 3.10 bits per heavy atom. The van der Waals surface area contributed by atoms with Crippen LogP contribution in [0.1, 0.15) is 5.82 Å². The zero-order chi connectivity index (χ0) is 14.1. The number of ether oxygens (including phenoxy) is 1. The van der Waals surface area contributed by atoms with E-state index in [0.29, 0.717) is 13.2 Å². The van der Waals surface area contributed by atoms with Gasteiger partial charge in [0.25, 0.3) is 0 Å². The number of anilines is 1. The van der Waals surface area contributed by atoms with E-state index in [1.165, 1.54) is 0 Å². The van der Waals surface area contributed by atoms with E-state index >= 15 is 0 Å². The molecular formula is C14H18N4O2. The molecule has 6 nitrogen and oxygen atoms in total. The van der Waals surface area contributed by atoms with Gasteiger partial charge in [-0.15, -0.1) is 0 Å². The molecule has 1 aliphatic heterocycles. The number of aromatic amines is 1. The molecular weight excluding hydrogens is 256 g/mol. The molecule has 0 spiro atoms. The molecule has 6 heteroatoms. The van der Waals surface area contributed by atoms with Crippen molar-refractivity contribution < 1.29 is 9.53 Å². The fourth-order valence-electron chi connectivity index (χ4n) is 2.55. The number of rotatable bonds is 3. The number of aromatic nitrogens is 2. The number of amides is 1. The van der Waals surface area contributed by atoms with Crippen LogP contribution in [-0.4, -0.2) is 42.2 Å². The van der Waals surface area contributed by atoms with E-state index in [2.05, 4.69) is 20.6 Å². The van der Waals surface area contributed by atoms with Crippen molar-refractivity contribution in [2.75, 3.05) is 25.6 Å². The average molecular weight is 274 g/mol. The maximum Gasteiger partial charge on any atom is 0.231 e. The Labute approximate surface area is 116 Å². The van der Waals surface area contributed by atoms with Crippen molar-refractivity contribution in [2.45, 2.75) is 13.0 Å². The number of hydrogen-bond acceptors (Lipinski definition) is 4. The van der Waals surface area contributed by atoms with E-state index in [9.17, 15) is 4.79 Å². The number of likely N-dealkylation sites (N-methyl/N-ethyl adjacent to an activating group) is 1. The molecule has 2 atom stereocenters. The number of imidazole rings is 1. The second-order valence-corrected chi connectivity index (χ2v) is 5.08. The quantitative estimate of drug-likeness (QED) is 0.781. The van der Waals surface area contributed by atoms with Crippen molar-refractivity contribution in [3.63, 3.8) is 0 Å². The fourth-order valence-corrected chi connectivity index (χ4v) is 2.55. The SMILES string of the molecule is CNC1COCC1C(=O)Nc1ccc2nc(C)[nH]c2c1. The maximum absolute atomic E-state index is 12.3. The third-order valence-electron chi connectivity index (χ3n) is 3.66. The molecule has 3 N–H and O–H groups in total. The normalized spacial score (nSPS) is 22.3. The Morgan fingerprint density at radius 1 is 1.45 bits per heavy atom. The average Bonchev–Trinajstić information content (AvgIpc) is 3.02. The van der Waals surface area contributed by atoms with Crippen molar-refractivity contribution in [3.8, 4) is 0 Å². The van der Waals surface area contributed by atoms with Gasteiger partial charge >= 0.3 is 0 Å². The smallest absolute Gasteiger partial charge is 0.231 e. The van der Waals surface area contributed by atoms with Gasteiger partial charge in [-0.3, -0.25) is 4.79 Å². The van der Waals surface area contributed by atoms with Gasteiger partial charge in [0.15, 0.2) is 0 Å². The van der Waals surface area contributed by atoms with E-state index in [1.54, 1.807) is 0 Å². The van der Waals surface area contributed by atoms with Crippen LogP contribution < -0.4 is 10.6 Å². The van der Waals surface area contributed by atoms with Crippen LogP contribution in [0.15, 0.2) is 18.2 Å². The molecule has 1 aromatic heterocycles. The topological polar surface area (TPSA) is 79.0 Å². The number of nitrogens with one attached hydrogen (secondary N) is 3. The zero-order valence-corrected chi connectivity index (χ0v) is 11.6. The highest BCUT2D eigenvalue weighted by molar-refractivity contribution is 5.95. The Balaban J connectivity index is 1.76. The number of fused-ring (bicyclic) bond motifs is 1. The summed E-state index contributed by atoms with van der Waals surface area (Å²) < 4.78 is 5.35. The highest BCUT2D eigenvalue weighted by atomic mass is 16.5. The lowest BCUT2D eigenvalue weighted by atomic mass is 10.0. The maximum atomic E-state index is 12.3. The first kappa shape index (κ1) is 13.1. The minimum atomic E-state index is -0.154. The van der Waals surface area contributed by atoms with Gasteiger partial charge in [0.1, 0.15) is 5.82 Å². The molecule has 1 saturated heterocycles. The third-order valence-corrected chi connectivity index (χ3v) is 3.66. The summed E-state index contributed by atoms with van der Waals surface area (Å²) in [5, 5.41) is 6.05. The van der Waals surface area contributed by atoms with Gasteiger partial charge in [0, 0.05) is 11.7 Å². The summed E-state index contributed by atoms with van der Waals surface area (Å²) in [5.74, 6) is 0.694. The van der Waals surface area contributed by atoms with Crippen molar-refractivity contribution in [1.82, 2.24) is 15.3 Å². The van der Waals surface area contributed by atoms with Crippen molar-refractivity contribution in [1.29, 1.82) is 0 Å². The lowest BCUT2D eigenvalue weighted by Crippen LogP contribution is -2.39. The molecule has 2 aromatic rings. The molecule has 3 rings (SSSR count).